The van der Waals surface area contributed by atoms with Gasteiger partial charge in [0.1, 0.15) is 6.61 Å². The molecule has 0 aliphatic carbocycles. The van der Waals surface area contributed by atoms with Crippen LogP contribution in [0.25, 0.3) is 11.1 Å². The molecule has 1 amide bonds. The highest BCUT2D eigenvalue weighted by Crippen LogP contribution is 2.44. The predicted octanol–water partition coefficient (Wildman–Crippen LogP) is 5.01. The molecule has 1 aromatic carbocycles. The standard InChI is InChI=1S/C28H28N2O6S/c1-28(2,3)26(33)23-24(20-6-5-12-29-21(20)14-36-15-22(31)35-4)30(27(34)25(23)32)19-9-7-17(8-10-19)18-11-13-37-16-18/h5-13,16,24,32H,14-15H2,1-4H3. The number of carbonyl (C=O) groups is 3. The van der Waals surface area contributed by atoms with Crippen LogP contribution in [0.15, 0.2) is 70.8 Å². The fraction of sp³-hybridized carbons (Fsp3) is 0.286. The summed E-state index contributed by atoms with van der Waals surface area (Å²) in [5, 5.41) is 15.0. The zero-order valence-electron chi connectivity index (χ0n) is 21.1. The minimum Gasteiger partial charge on any atom is -0.503 e. The van der Waals surface area contributed by atoms with Gasteiger partial charge in [0.25, 0.3) is 5.91 Å². The van der Waals surface area contributed by atoms with E-state index >= 15 is 0 Å². The van der Waals surface area contributed by atoms with E-state index in [-0.39, 0.29) is 24.6 Å². The van der Waals surface area contributed by atoms with Crippen LogP contribution in [0.3, 0.4) is 0 Å². The van der Waals surface area contributed by atoms with Crippen molar-refractivity contribution in [2.75, 3.05) is 18.6 Å². The van der Waals surface area contributed by atoms with Gasteiger partial charge in [0.2, 0.25) is 0 Å². The molecule has 8 nitrogen and oxygen atoms in total. The van der Waals surface area contributed by atoms with E-state index < -0.39 is 29.1 Å². The molecule has 1 aliphatic heterocycles. The Labute approximate surface area is 219 Å². The summed E-state index contributed by atoms with van der Waals surface area (Å²) in [6, 6.07) is 11.9. The van der Waals surface area contributed by atoms with Crippen LogP contribution < -0.4 is 4.90 Å². The lowest BCUT2D eigenvalue weighted by atomic mass is 9.82. The minimum atomic E-state index is -0.934. The van der Waals surface area contributed by atoms with Crippen LogP contribution in [0.2, 0.25) is 0 Å². The lowest BCUT2D eigenvalue weighted by Gasteiger charge is -2.30. The Balaban J connectivity index is 1.79. The number of carbonyl (C=O) groups excluding carboxylic acids is 3. The number of nitrogens with zero attached hydrogens (tertiary/aromatic N) is 2. The van der Waals surface area contributed by atoms with Gasteiger partial charge in [-0.3, -0.25) is 19.5 Å². The van der Waals surface area contributed by atoms with Crippen LogP contribution in [0.4, 0.5) is 5.69 Å². The van der Waals surface area contributed by atoms with Crippen molar-refractivity contribution in [3.8, 4) is 11.1 Å². The van der Waals surface area contributed by atoms with Gasteiger partial charge in [-0.05, 0) is 46.2 Å². The highest BCUT2D eigenvalue weighted by molar-refractivity contribution is 7.08. The third-order valence-electron chi connectivity index (χ3n) is 6.04. The van der Waals surface area contributed by atoms with Gasteiger partial charge in [-0.2, -0.15) is 11.3 Å². The molecule has 2 aromatic heterocycles. The van der Waals surface area contributed by atoms with Crippen LogP contribution in [-0.2, 0) is 30.5 Å². The fourth-order valence-electron chi connectivity index (χ4n) is 4.15. The third-order valence-corrected chi connectivity index (χ3v) is 6.72. The maximum absolute atomic E-state index is 13.5. The second kappa shape index (κ2) is 10.7. The van der Waals surface area contributed by atoms with Crippen molar-refractivity contribution in [2.24, 2.45) is 5.41 Å². The lowest BCUT2D eigenvalue weighted by Crippen LogP contribution is -2.33. The zero-order valence-corrected chi connectivity index (χ0v) is 21.9. The van der Waals surface area contributed by atoms with Crippen LogP contribution in [-0.4, -0.2) is 41.5 Å². The molecule has 0 spiro atoms. The number of esters is 1. The molecule has 37 heavy (non-hydrogen) atoms. The number of aromatic nitrogens is 1. The number of ketones is 1. The summed E-state index contributed by atoms with van der Waals surface area (Å²) in [6.45, 7) is 4.87. The van der Waals surface area contributed by atoms with Gasteiger partial charge in [0, 0.05) is 22.9 Å². The number of pyridine rings is 1. The molecule has 9 heteroatoms. The Bertz CT molecular complexity index is 1340. The monoisotopic (exact) mass is 520 g/mol. The quantitative estimate of drug-likeness (QED) is 0.416. The smallest absolute Gasteiger partial charge is 0.331 e. The number of benzene rings is 1. The number of ether oxygens (including phenoxy) is 2. The largest absolute Gasteiger partial charge is 0.503 e. The fourth-order valence-corrected chi connectivity index (χ4v) is 4.82. The summed E-state index contributed by atoms with van der Waals surface area (Å²) in [4.78, 5) is 44.3. The molecular weight excluding hydrogens is 492 g/mol. The van der Waals surface area contributed by atoms with E-state index in [0.29, 0.717) is 16.9 Å². The van der Waals surface area contributed by atoms with E-state index in [2.05, 4.69) is 9.72 Å². The SMILES string of the molecule is COC(=O)COCc1ncccc1C1C(C(=O)C(C)(C)C)=C(O)C(=O)N1c1ccc(-c2ccsc2)cc1. The van der Waals surface area contributed by atoms with E-state index in [1.54, 1.807) is 62.6 Å². The summed E-state index contributed by atoms with van der Waals surface area (Å²) in [5.41, 5.74) is 2.64. The van der Waals surface area contributed by atoms with E-state index in [1.165, 1.54) is 12.0 Å². The molecule has 0 bridgehead atoms. The molecule has 0 fully saturated rings. The maximum Gasteiger partial charge on any atom is 0.331 e. The normalized spacial score (nSPS) is 15.8. The van der Waals surface area contributed by atoms with E-state index in [0.717, 1.165) is 11.1 Å². The van der Waals surface area contributed by atoms with Crippen molar-refractivity contribution in [1.82, 2.24) is 4.98 Å². The topological polar surface area (TPSA) is 106 Å². The summed E-state index contributed by atoms with van der Waals surface area (Å²) < 4.78 is 10.1. The second-order valence-corrected chi connectivity index (χ2v) is 10.4. The van der Waals surface area contributed by atoms with E-state index in [9.17, 15) is 19.5 Å². The minimum absolute atomic E-state index is 0.00151. The molecule has 1 aliphatic rings. The van der Waals surface area contributed by atoms with Gasteiger partial charge in [0.15, 0.2) is 11.5 Å². The molecule has 3 heterocycles. The Morgan fingerprint density at radius 2 is 1.84 bits per heavy atom. The first-order valence-electron chi connectivity index (χ1n) is 11.7. The van der Waals surface area contributed by atoms with Crippen LogP contribution in [0.1, 0.15) is 38.1 Å². The molecule has 3 aromatic rings. The number of rotatable bonds is 8. The molecule has 4 rings (SSSR count). The Kier molecular flexibility index (Phi) is 7.56. The Morgan fingerprint density at radius 1 is 1.11 bits per heavy atom. The third kappa shape index (κ3) is 5.33. The molecule has 0 saturated carbocycles. The average Bonchev–Trinajstić information content (AvgIpc) is 3.50. The average molecular weight is 521 g/mol. The van der Waals surface area contributed by atoms with Crippen molar-refractivity contribution in [3.63, 3.8) is 0 Å². The van der Waals surface area contributed by atoms with Crippen molar-refractivity contribution >= 4 is 34.7 Å². The van der Waals surface area contributed by atoms with Gasteiger partial charge in [-0.1, -0.05) is 39.0 Å². The summed E-state index contributed by atoms with van der Waals surface area (Å²) in [5.74, 6) is -2.16. The molecule has 0 radical (unpaired) electrons. The van der Waals surface area contributed by atoms with Gasteiger partial charge in [-0.25, -0.2) is 4.79 Å². The summed E-state index contributed by atoms with van der Waals surface area (Å²) in [6.07, 6.45) is 1.56. The van der Waals surface area contributed by atoms with Gasteiger partial charge < -0.3 is 14.6 Å². The molecular formula is C28H28N2O6S. The number of anilines is 1. The summed E-state index contributed by atoms with van der Waals surface area (Å²) >= 11 is 1.59. The maximum atomic E-state index is 13.5. The number of hydrogen-bond donors (Lipinski definition) is 1. The van der Waals surface area contributed by atoms with Crippen molar-refractivity contribution in [1.29, 1.82) is 0 Å². The number of aliphatic hydroxyl groups is 1. The molecule has 1 unspecified atom stereocenters. The number of amides is 1. The van der Waals surface area contributed by atoms with Crippen LogP contribution in [0.5, 0.6) is 0 Å². The number of aliphatic hydroxyl groups excluding tert-OH is 1. The predicted molar refractivity (Wildman–Crippen MR) is 140 cm³/mol. The van der Waals surface area contributed by atoms with Crippen molar-refractivity contribution in [2.45, 2.75) is 33.4 Å². The Morgan fingerprint density at radius 3 is 2.46 bits per heavy atom. The van der Waals surface area contributed by atoms with Gasteiger partial charge in [0.05, 0.1) is 31.0 Å². The van der Waals surface area contributed by atoms with Gasteiger partial charge >= 0.3 is 5.97 Å². The lowest BCUT2D eigenvalue weighted by molar-refractivity contribution is -0.146. The number of methoxy groups -OCH3 is 1. The second-order valence-electron chi connectivity index (χ2n) is 9.59. The highest BCUT2D eigenvalue weighted by Gasteiger charge is 2.47. The number of hydrogen-bond acceptors (Lipinski definition) is 8. The van der Waals surface area contributed by atoms with Crippen LogP contribution in [0, 0.1) is 5.41 Å². The zero-order chi connectivity index (χ0) is 26.7. The van der Waals surface area contributed by atoms with Gasteiger partial charge in [-0.15, -0.1) is 0 Å². The van der Waals surface area contributed by atoms with Crippen LogP contribution >= 0.6 is 11.3 Å². The molecule has 1 atom stereocenters. The first kappa shape index (κ1) is 26.2. The number of thiophene rings is 1. The van der Waals surface area contributed by atoms with E-state index in [1.807, 2.05) is 29.0 Å². The molecule has 0 saturated heterocycles. The van der Waals surface area contributed by atoms with E-state index in [4.69, 9.17) is 4.74 Å². The summed E-state index contributed by atoms with van der Waals surface area (Å²) in [7, 11) is 1.27. The molecule has 192 valence electrons. The first-order valence-corrected chi connectivity index (χ1v) is 12.6. The molecule has 1 N–H and O–H groups in total. The Hall–Kier alpha value is -3.82. The first-order chi connectivity index (χ1) is 17.6. The highest BCUT2D eigenvalue weighted by atomic mass is 32.1. The van der Waals surface area contributed by atoms with Crippen molar-refractivity contribution < 1.29 is 29.0 Å². The van der Waals surface area contributed by atoms with Crippen molar-refractivity contribution in [3.05, 3.63) is 82.0 Å². The number of Topliss-reactive ketones (excluding diaryl/α,β-unsaturated/α-hetero) is 1.